The van der Waals surface area contributed by atoms with Crippen molar-refractivity contribution in [3.8, 4) is 0 Å². The van der Waals surface area contributed by atoms with Crippen molar-refractivity contribution in [3.63, 3.8) is 0 Å². The summed E-state index contributed by atoms with van der Waals surface area (Å²) in [7, 11) is 0. The van der Waals surface area contributed by atoms with Gasteiger partial charge in [0.25, 0.3) is 0 Å². The van der Waals surface area contributed by atoms with E-state index in [1.54, 1.807) is 29.1 Å². The van der Waals surface area contributed by atoms with E-state index in [1.165, 1.54) is 0 Å². The quantitative estimate of drug-likeness (QED) is 0.859. The molecule has 0 spiro atoms. The second-order valence-electron chi connectivity index (χ2n) is 6.23. The van der Waals surface area contributed by atoms with Crippen molar-refractivity contribution in [2.45, 2.75) is 50.8 Å². The Morgan fingerprint density at radius 2 is 2.27 bits per heavy atom. The number of aromatic nitrogens is 2. The topological polar surface area (TPSA) is 67.4 Å². The lowest BCUT2D eigenvalue weighted by Crippen LogP contribution is -2.36. The van der Waals surface area contributed by atoms with Crippen LogP contribution >= 0.6 is 11.8 Å². The minimum atomic E-state index is -0.459. The average molecular weight is 324 g/mol. The standard InChI is InChI=1S/C15H24N4O2S/c1-5-22-13-9-16-8-12(18-13)17-11-6-7-19(10-11)14(20)21-15(2,3)4/h8-9,11H,5-7,10H2,1-4H3,(H,17,18). The maximum Gasteiger partial charge on any atom is 0.410 e. The molecule has 1 aliphatic heterocycles. The van der Waals surface area contributed by atoms with E-state index in [-0.39, 0.29) is 12.1 Å². The van der Waals surface area contributed by atoms with Gasteiger partial charge in [-0.05, 0) is 32.9 Å². The number of ether oxygens (including phenoxy) is 1. The fraction of sp³-hybridized carbons (Fsp3) is 0.667. The number of anilines is 1. The summed E-state index contributed by atoms with van der Waals surface area (Å²) in [6.45, 7) is 9.04. The fourth-order valence-electron chi connectivity index (χ4n) is 2.21. The van der Waals surface area contributed by atoms with Gasteiger partial charge in [-0.2, -0.15) is 0 Å². The molecular weight excluding hydrogens is 300 g/mol. The summed E-state index contributed by atoms with van der Waals surface area (Å²) in [5.41, 5.74) is -0.459. The van der Waals surface area contributed by atoms with Crippen molar-refractivity contribution in [2.75, 3.05) is 24.2 Å². The summed E-state index contributed by atoms with van der Waals surface area (Å²) in [6.07, 6.45) is 4.11. The van der Waals surface area contributed by atoms with Gasteiger partial charge in [-0.15, -0.1) is 11.8 Å². The van der Waals surface area contributed by atoms with Crippen LogP contribution < -0.4 is 5.32 Å². The highest BCUT2D eigenvalue weighted by Crippen LogP contribution is 2.19. The molecule has 22 heavy (non-hydrogen) atoms. The molecule has 2 heterocycles. The number of amides is 1. The zero-order valence-corrected chi connectivity index (χ0v) is 14.4. The largest absolute Gasteiger partial charge is 0.444 e. The summed E-state index contributed by atoms with van der Waals surface area (Å²) in [5, 5.41) is 4.26. The molecule has 1 N–H and O–H groups in total. The Hall–Kier alpha value is -1.50. The van der Waals surface area contributed by atoms with Crippen LogP contribution in [-0.2, 0) is 4.74 Å². The Bertz CT molecular complexity index is 519. The van der Waals surface area contributed by atoms with Crippen LogP contribution in [0.15, 0.2) is 17.4 Å². The van der Waals surface area contributed by atoms with Crippen LogP contribution in [0.2, 0.25) is 0 Å². The van der Waals surface area contributed by atoms with E-state index in [4.69, 9.17) is 4.74 Å². The number of hydrogen-bond acceptors (Lipinski definition) is 6. The van der Waals surface area contributed by atoms with E-state index < -0.39 is 5.60 Å². The average Bonchev–Trinajstić information content (AvgIpc) is 2.86. The zero-order chi connectivity index (χ0) is 16.2. The third-order valence-electron chi connectivity index (χ3n) is 3.10. The van der Waals surface area contributed by atoms with Crippen LogP contribution in [0.25, 0.3) is 0 Å². The molecule has 1 aliphatic rings. The van der Waals surface area contributed by atoms with Gasteiger partial charge in [-0.1, -0.05) is 6.92 Å². The Morgan fingerprint density at radius 3 is 2.95 bits per heavy atom. The molecule has 0 saturated carbocycles. The third kappa shape index (κ3) is 5.05. The molecule has 2 rings (SSSR count). The summed E-state index contributed by atoms with van der Waals surface area (Å²) in [4.78, 5) is 22.5. The van der Waals surface area contributed by atoms with E-state index in [1.807, 2.05) is 20.8 Å². The molecule has 1 saturated heterocycles. The minimum Gasteiger partial charge on any atom is -0.444 e. The van der Waals surface area contributed by atoms with Crippen LogP contribution in [0.3, 0.4) is 0 Å². The van der Waals surface area contributed by atoms with E-state index in [0.717, 1.165) is 23.0 Å². The normalized spacial score (nSPS) is 18.4. The Morgan fingerprint density at radius 1 is 1.50 bits per heavy atom. The number of likely N-dealkylation sites (tertiary alicyclic amines) is 1. The predicted molar refractivity (Wildman–Crippen MR) is 88.3 cm³/mol. The number of nitrogens with zero attached hydrogens (tertiary/aromatic N) is 3. The Balaban J connectivity index is 1.88. The lowest BCUT2D eigenvalue weighted by Gasteiger charge is -2.24. The van der Waals surface area contributed by atoms with E-state index in [0.29, 0.717) is 13.1 Å². The molecule has 6 nitrogen and oxygen atoms in total. The first kappa shape index (κ1) is 16.9. The highest BCUT2D eigenvalue weighted by molar-refractivity contribution is 7.99. The summed E-state index contributed by atoms with van der Waals surface area (Å²) < 4.78 is 5.40. The van der Waals surface area contributed by atoms with E-state index in [2.05, 4.69) is 22.2 Å². The van der Waals surface area contributed by atoms with Crippen LogP contribution in [0.4, 0.5) is 10.6 Å². The first-order chi connectivity index (χ1) is 10.4. The van der Waals surface area contributed by atoms with Crippen molar-refractivity contribution in [1.29, 1.82) is 0 Å². The molecule has 1 aromatic rings. The molecular formula is C15H24N4O2S. The molecule has 7 heteroatoms. The second kappa shape index (κ2) is 7.17. The minimum absolute atomic E-state index is 0.184. The molecule has 1 aromatic heterocycles. The first-order valence-corrected chi connectivity index (χ1v) is 8.55. The van der Waals surface area contributed by atoms with Crippen molar-refractivity contribution in [2.24, 2.45) is 0 Å². The monoisotopic (exact) mass is 324 g/mol. The third-order valence-corrected chi connectivity index (χ3v) is 3.88. The number of thioether (sulfide) groups is 1. The molecule has 122 valence electrons. The van der Waals surface area contributed by atoms with Gasteiger partial charge in [0.2, 0.25) is 0 Å². The summed E-state index contributed by atoms with van der Waals surface area (Å²) in [5.74, 6) is 1.73. The lowest BCUT2D eigenvalue weighted by atomic mass is 10.2. The number of carbonyl (C=O) groups is 1. The molecule has 0 aromatic carbocycles. The predicted octanol–water partition coefficient (Wildman–Crippen LogP) is 3.01. The zero-order valence-electron chi connectivity index (χ0n) is 13.6. The first-order valence-electron chi connectivity index (χ1n) is 7.56. The lowest BCUT2D eigenvalue weighted by molar-refractivity contribution is 0.0293. The van der Waals surface area contributed by atoms with Crippen molar-refractivity contribution < 1.29 is 9.53 Å². The number of carbonyl (C=O) groups excluding carboxylic acids is 1. The molecule has 1 atom stereocenters. The van der Waals surface area contributed by atoms with Gasteiger partial charge in [-0.25, -0.2) is 9.78 Å². The maximum absolute atomic E-state index is 12.0. The van der Waals surface area contributed by atoms with Gasteiger partial charge < -0.3 is 15.0 Å². The van der Waals surface area contributed by atoms with Gasteiger partial charge in [0.15, 0.2) is 0 Å². The number of hydrogen-bond donors (Lipinski definition) is 1. The highest BCUT2D eigenvalue weighted by Gasteiger charge is 2.29. The van der Waals surface area contributed by atoms with Crippen molar-refractivity contribution in [1.82, 2.24) is 14.9 Å². The van der Waals surface area contributed by atoms with Crippen LogP contribution in [0, 0.1) is 0 Å². The van der Waals surface area contributed by atoms with Gasteiger partial charge in [0, 0.05) is 19.1 Å². The molecule has 1 fully saturated rings. The molecule has 0 aliphatic carbocycles. The highest BCUT2D eigenvalue weighted by atomic mass is 32.2. The fourth-order valence-corrected chi connectivity index (χ4v) is 2.81. The van der Waals surface area contributed by atoms with Crippen molar-refractivity contribution in [3.05, 3.63) is 12.4 Å². The Labute approximate surface area is 136 Å². The molecule has 0 radical (unpaired) electrons. The SMILES string of the molecule is CCSc1cncc(NC2CCN(C(=O)OC(C)(C)C)C2)n1. The van der Waals surface area contributed by atoms with Crippen LogP contribution in [0.1, 0.15) is 34.1 Å². The van der Waals surface area contributed by atoms with E-state index >= 15 is 0 Å². The van der Waals surface area contributed by atoms with Gasteiger partial charge in [0.05, 0.1) is 12.4 Å². The smallest absolute Gasteiger partial charge is 0.410 e. The van der Waals surface area contributed by atoms with Crippen LogP contribution in [0.5, 0.6) is 0 Å². The second-order valence-corrected chi connectivity index (χ2v) is 7.52. The maximum atomic E-state index is 12.0. The molecule has 1 unspecified atom stereocenters. The number of nitrogens with one attached hydrogen (secondary N) is 1. The van der Waals surface area contributed by atoms with Crippen LogP contribution in [-0.4, -0.2) is 51.4 Å². The van der Waals surface area contributed by atoms with E-state index in [9.17, 15) is 4.79 Å². The number of rotatable bonds is 4. The molecule has 0 bridgehead atoms. The summed E-state index contributed by atoms with van der Waals surface area (Å²) >= 11 is 1.66. The Kier molecular flexibility index (Phi) is 5.50. The molecule has 1 amide bonds. The summed E-state index contributed by atoms with van der Waals surface area (Å²) in [6, 6.07) is 0.184. The van der Waals surface area contributed by atoms with Crippen molar-refractivity contribution >= 4 is 23.7 Å². The van der Waals surface area contributed by atoms with Gasteiger partial charge >= 0.3 is 6.09 Å². The van der Waals surface area contributed by atoms with Gasteiger partial charge in [-0.3, -0.25) is 4.98 Å². The van der Waals surface area contributed by atoms with Gasteiger partial charge in [0.1, 0.15) is 16.4 Å².